The van der Waals surface area contributed by atoms with Crippen LogP contribution < -0.4 is 4.90 Å². The molecule has 11 heteroatoms. The lowest BCUT2D eigenvalue weighted by Gasteiger charge is -2.34. The third-order valence-electron chi connectivity index (χ3n) is 5.33. The Bertz CT molecular complexity index is 1160. The molecule has 31 heavy (non-hydrogen) atoms. The van der Waals surface area contributed by atoms with Crippen molar-refractivity contribution < 1.29 is 26.3 Å². The van der Waals surface area contributed by atoms with Gasteiger partial charge in [-0.05, 0) is 43.2 Å². The number of aromatic nitrogens is 3. The number of alkyl halides is 6. The van der Waals surface area contributed by atoms with Crippen LogP contribution in [-0.2, 0) is 12.4 Å². The maximum Gasteiger partial charge on any atom is 0.417 e. The summed E-state index contributed by atoms with van der Waals surface area (Å²) in [6.45, 7) is 0.790. The third kappa shape index (κ3) is 4.02. The molecule has 0 spiro atoms. The van der Waals surface area contributed by atoms with Crippen LogP contribution in [0.25, 0.3) is 5.65 Å². The van der Waals surface area contributed by atoms with Gasteiger partial charge in [-0.15, -0.1) is 10.2 Å². The Hall–Kier alpha value is -3.29. The molecule has 1 atom stereocenters. The van der Waals surface area contributed by atoms with E-state index in [-0.39, 0.29) is 23.7 Å². The van der Waals surface area contributed by atoms with Crippen molar-refractivity contribution in [2.24, 2.45) is 0 Å². The highest BCUT2D eigenvalue weighted by Gasteiger charge is 2.34. The van der Waals surface area contributed by atoms with E-state index in [1.807, 2.05) is 6.07 Å². The molecule has 0 saturated carbocycles. The van der Waals surface area contributed by atoms with Crippen LogP contribution in [0.2, 0.25) is 0 Å². The van der Waals surface area contributed by atoms with E-state index < -0.39 is 23.5 Å². The van der Waals surface area contributed by atoms with Crippen molar-refractivity contribution >= 4 is 11.3 Å². The summed E-state index contributed by atoms with van der Waals surface area (Å²) in [6, 6.07) is 6.96. The van der Waals surface area contributed by atoms with Crippen molar-refractivity contribution in [1.29, 1.82) is 5.26 Å². The number of anilines is 1. The number of pyridine rings is 1. The standard InChI is InChI=1S/C20H15F6N5/c21-19(22,23)14-3-5-16(13(8-14)9-27)30-7-1-2-12(10-30)18-29-28-17-6-4-15(11-31(17)18)20(24,25)26/h3-6,8,11-12H,1-2,7,10H2. The summed E-state index contributed by atoms with van der Waals surface area (Å²) in [4.78, 5) is 1.77. The molecule has 1 saturated heterocycles. The van der Waals surface area contributed by atoms with Crippen LogP contribution in [0.5, 0.6) is 0 Å². The lowest BCUT2D eigenvalue weighted by atomic mass is 9.95. The van der Waals surface area contributed by atoms with Crippen molar-refractivity contribution in [1.82, 2.24) is 14.6 Å². The minimum absolute atomic E-state index is 0.110. The van der Waals surface area contributed by atoms with Crippen LogP contribution in [0, 0.1) is 11.3 Å². The quantitative estimate of drug-likeness (QED) is 0.526. The van der Waals surface area contributed by atoms with Crippen molar-refractivity contribution in [3.05, 3.63) is 59.0 Å². The molecule has 3 heterocycles. The Kier molecular flexibility index (Phi) is 5.03. The summed E-state index contributed by atoms with van der Waals surface area (Å²) in [5.74, 6) is 0.0392. The second-order valence-electron chi connectivity index (χ2n) is 7.33. The number of benzene rings is 1. The van der Waals surface area contributed by atoms with Gasteiger partial charge in [0.1, 0.15) is 11.9 Å². The van der Waals surface area contributed by atoms with Crippen LogP contribution in [0.15, 0.2) is 36.5 Å². The minimum Gasteiger partial charge on any atom is -0.370 e. The minimum atomic E-state index is -4.56. The Morgan fingerprint density at radius 2 is 1.68 bits per heavy atom. The predicted molar refractivity (Wildman–Crippen MR) is 98.3 cm³/mol. The van der Waals surface area contributed by atoms with Gasteiger partial charge in [-0.1, -0.05) is 0 Å². The highest BCUT2D eigenvalue weighted by Crippen LogP contribution is 2.36. The van der Waals surface area contributed by atoms with Gasteiger partial charge in [0.2, 0.25) is 0 Å². The van der Waals surface area contributed by atoms with Crippen molar-refractivity contribution in [3.63, 3.8) is 0 Å². The monoisotopic (exact) mass is 439 g/mol. The molecule has 0 amide bonds. The van der Waals surface area contributed by atoms with Gasteiger partial charge in [0, 0.05) is 25.2 Å². The first-order chi connectivity index (χ1) is 14.6. The molecule has 1 aliphatic rings. The summed E-state index contributed by atoms with van der Waals surface area (Å²) in [5.41, 5.74) is -1.23. The molecule has 162 valence electrons. The zero-order valence-electron chi connectivity index (χ0n) is 15.9. The van der Waals surface area contributed by atoms with E-state index in [4.69, 9.17) is 0 Å². The van der Waals surface area contributed by atoms with Gasteiger partial charge in [-0.3, -0.25) is 4.40 Å². The summed E-state index contributed by atoms with van der Waals surface area (Å²) < 4.78 is 79.5. The molecule has 5 nitrogen and oxygen atoms in total. The Morgan fingerprint density at radius 3 is 2.35 bits per heavy atom. The number of fused-ring (bicyclic) bond motifs is 1. The van der Waals surface area contributed by atoms with Crippen LogP contribution in [0.4, 0.5) is 32.0 Å². The Morgan fingerprint density at radius 1 is 0.968 bits per heavy atom. The molecule has 0 N–H and O–H groups in total. The van der Waals surface area contributed by atoms with Crippen LogP contribution in [0.1, 0.15) is 41.3 Å². The molecule has 1 aromatic carbocycles. The number of nitrogens with zero attached hydrogens (tertiary/aromatic N) is 5. The molecule has 0 aliphatic carbocycles. The normalized spacial score (nSPS) is 17.7. The summed E-state index contributed by atoms with van der Waals surface area (Å²) in [6.07, 6.45) is -6.88. The fourth-order valence-corrected chi connectivity index (χ4v) is 3.84. The zero-order valence-corrected chi connectivity index (χ0v) is 15.9. The number of piperidine rings is 1. The predicted octanol–water partition coefficient (Wildman–Crippen LogP) is 5.02. The number of hydrogen-bond donors (Lipinski definition) is 0. The second-order valence-corrected chi connectivity index (χ2v) is 7.33. The lowest BCUT2D eigenvalue weighted by molar-refractivity contribution is -0.138. The Labute approximate surface area is 172 Å². The fraction of sp³-hybridized carbons (Fsp3) is 0.350. The molecule has 3 aromatic rings. The van der Waals surface area contributed by atoms with E-state index in [0.717, 1.165) is 24.4 Å². The first-order valence-electron chi connectivity index (χ1n) is 9.36. The topological polar surface area (TPSA) is 57.2 Å². The van der Waals surface area contributed by atoms with Crippen LogP contribution in [0.3, 0.4) is 0 Å². The van der Waals surface area contributed by atoms with E-state index in [9.17, 15) is 31.6 Å². The van der Waals surface area contributed by atoms with E-state index in [1.165, 1.54) is 16.5 Å². The van der Waals surface area contributed by atoms with Crippen molar-refractivity contribution in [2.75, 3.05) is 18.0 Å². The van der Waals surface area contributed by atoms with Crippen molar-refractivity contribution in [3.8, 4) is 6.07 Å². The number of halogens is 6. The highest BCUT2D eigenvalue weighted by atomic mass is 19.4. The van der Waals surface area contributed by atoms with Gasteiger partial charge in [-0.25, -0.2) is 0 Å². The largest absolute Gasteiger partial charge is 0.417 e. The van der Waals surface area contributed by atoms with E-state index in [0.29, 0.717) is 30.9 Å². The van der Waals surface area contributed by atoms with Gasteiger partial charge in [0.05, 0.1) is 22.4 Å². The average molecular weight is 439 g/mol. The highest BCUT2D eigenvalue weighted by molar-refractivity contribution is 5.61. The maximum absolute atomic E-state index is 13.1. The Balaban J connectivity index is 1.66. The molecule has 1 fully saturated rings. The molecule has 0 radical (unpaired) electrons. The van der Waals surface area contributed by atoms with Gasteiger partial charge in [0.15, 0.2) is 5.65 Å². The summed E-state index contributed by atoms with van der Waals surface area (Å²) in [7, 11) is 0. The number of rotatable bonds is 2. The molecular weight excluding hydrogens is 424 g/mol. The molecular formula is C20H15F6N5. The second kappa shape index (κ2) is 7.44. The number of hydrogen-bond acceptors (Lipinski definition) is 4. The van der Waals surface area contributed by atoms with Gasteiger partial charge in [0.25, 0.3) is 0 Å². The van der Waals surface area contributed by atoms with E-state index in [2.05, 4.69) is 10.2 Å². The molecule has 1 aliphatic heterocycles. The molecule has 0 bridgehead atoms. The van der Waals surface area contributed by atoms with Gasteiger partial charge >= 0.3 is 12.4 Å². The molecule has 1 unspecified atom stereocenters. The third-order valence-corrected chi connectivity index (χ3v) is 5.33. The molecule has 4 rings (SSSR count). The fourth-order valence-electron chi connectivity index (χ4n) is 3.84. The maximum atomic E-state index is 13.1. The summed E-state index contributed by atoms with van der Waals surface area (Å²) in [5, 5.41) is 17.4. The van der Waals surface area contributed by atoms with Gasteiger partial charge in [-0.2, -0.15) is 31.6 Å². The number of nitriles is 1. The first kappa shape index (κ1) is 21.0. The summed E-state index contributed by atoms with van der Waals surface area (Å²) >= 11 is 0. The smallest absolute Gasteiger partial charge is 0.370 e. The SMILES string of the molecule is N#Cc1cc(C(F)(F)F)ccc1N1CCCC(c2nnc3ccc(C(F)(F)F)cn23)C1. The van der Waals surface area contributed by atoms with Crippen molar-refractivity contribution in [2.45, 2.75) is 31.1 Å². The lowest BCUT2D eigenvalue weighted by Crippen LogP contribution is -2.35. The van der Waals surface area contributed by atoms with E-state index in [1.54, 1.807) is 4.90 Å². The van der Waals surface area contributed by atoms with Gasteiger partial charge < -0.3 is 4.90 Å². The van der Waals surface area contributed by atoms with E-state index >= 15 is 0 Å². The first-order valence-corrected chi connectivity index (χ1v) is 9.36. The van der Waals surface area contributed by atoms with Crippen LogP contribution >= 0.6 is 0 Å². The molecule has 2 aromatic heterocycles. The van der Waals surface area contributed by atoms with Crippen LogP contribution in [-0.4, -0.2) is 27.7 Å². The zero-order chi connectivity index (χ0) is 22.4. The average Bonchev–Trinajstić information content (AvgIpc) is 3.15.